The molecule has 0 aromatic heterocycles. The van der Waals surface area contributed by atoms with E-state index < -0.39 is 12.3 Å². The summed E-state index contributed by atoms with van der Waals surface area (Å²) >= 11 is 16.4. The third kappa shape index (κ3) is 7.11. The molecule has 0 aromatic carbocycles. The molecule has 8 heavy (non-hydrogen) atoms. The lowest BCUT2D eigenvalue weighted by molar-refractivity contribution is 1.08. The first-order valence-electron chi connectivity index (χ1n) is 1.97. The number of hydrogen-bond donors (Lipinski definition) is 1. The fraction of sp³-hybridized carbons (Fsp3) is 1.00. The fourth-order valence-corrected chi connectivity index (χ4v) is 2.42. The van der Waals surface area contributed by atoms with Gasteiger partial charge < -0.3 is 4.98 Å². The number of hydrogen-bond acceptors (Lipinski definition) is 1. The van der Waals surface area contributed by atoms with Crippen molar-refractivity contribution in [2.45, 2.75) is 11.9 Å². The maximum absolute atomic E-state index is 5.56. The minimum Gasteiger partial charge on any atom is -0.306 e. The second kappa shape index (κ2) is 3.32. The van der Waals surface area contributed by atoms with E-state index >= 15 is 0 Å². The van der Waals surface area contributed by atoms with E-state index in [4.69, 9.17) is 41.6 Å². The molecule has 0 rings (SSSR count). The molecule has 1 unspecified atom stereocenters. The SMILES string of the molecule is [B]C(Cl)N[Si](C)(Cl)Cl. The summed E-state index contributed by atoms with van der Waals surface area (Å²) in [6, 6.07) is 0. The molecule has 0 amide bonds. The molecule has 6 heteroatoms. The van der Waals surface area contributed by atoms with Gasteiger partial charge >= 0.3 is 6.86 Å². The summed E-state index contributed by atoms with van der Waals surface area (Å²) in [4.78, 5) is 2.59. The average Bonchev–Trinajstić information content (AvgIpc) is 1.21. The Kier molecular flexibility index (Phi) is 3.78. The first kappa shape index (κ1) is 9.11. The van der Waals surface area contributed by atoms with Gasteiger partial charge in [0.25, 0.3) is 0 Å². The van der Waals surface area contributed by atoms with Gasteiger partial charge in [0.2, 0.25) is 0 Å². The largest absolute Gasteiger partial charge is 0.319 e. The molecule has 0 saturated heterocycles. The predicted octanol–water partition coefficient (Wildman–Crippen LogP) is 1.31. The van der Waals surface area contributed by atoms with Gasteiger partial charge in [0.15, 0.2) is 0 Å². The van der Waals surface area contributed by atoms with Crippen molar-refractivity contribution in [3.8, 4) is 0 Å². The van der Waals surface area contributed by atoms with E-state index in [2.05, 4.69) is 4.98 Å². The summed E-state index contributed by atoms with van der Waals surface area (Å²) < 4.78 is 0. The van der Waals surface area contributed by atoms with E-state index in [0.29, 0.717) is 0 Å². The summed E-state index contributed by atoms with van der Waals surface area (Å²) in [6.07, 6.45) is 0. The van der Waals surface area contributed by atoms with Gasteiger partial charge in [0.1, 0.15) is 7.85 Å². The Labute approximate surface area is 65.6 Å². The summed E-state index contributed by atoms with van der Waals surface area (Å²) in [5.74, 6) is 0. The Balaban J connectivity index is 3.39. The monoisotopic (exact) mass is 187 g/mol. The molecule has 1 nitrogen and oxygen atoms in total. The zero-order valence-corrected chi connectivity index (χ0v) is 7.56. The van der Waals surface area contributed by atoms with Crippen LogP contribution in [0.25, 0.3) is 0 Å². The quantitative estimate of drug-likeness (QED) is 0.298. The molecule has 0 fully saturated rings. The minimum absolute atomic E-state index is 0.637. The summed E-state index contributed by atoms with van der Waals surface area (Å²) in [5, 5.41) is -0.637. The number of rotatable bonds is 2. The average molecular weight is 188 g/mol. The highest BCUT2D eigenvalue weighted by Gasteiger charge is 2.21. The Morgan fingerprint density at radius 2 is 2.00 bits per heavy atom. The number of halogens is 3. The van der Waals surface area contributed by atoms with Crippen LogP contribution in [-0.4, -0.2) is 20.1 Å². The summed E-state index contributed by atoms with van der Waals surface area (Å²) in [7, 11) is 5.10. The van der Waals surface area contributed by atoms with E-state index in [1.807, 2.05) is 0 Å². The highest BCUT2D eigenvalue weighted by atomic mass is 35.7. The Morgan fingerprint density at radius 1 is 1.62 bits per heavy atom. The van der Waals surface area contributed by atoms with Crippen molar-refractivity contribution in [3.63, 3.8) is 0 Å². The minimum atomic E-state index is -2.28. The van der Waals surface area contributed by atoms with Crippen LogP contribution in [0.15, 0.2) is 0 Å². The smallest absolute Gasteiger partial charge is 0.306 e. The highest BCUT2D eigenvalue weighted by Crippen LogP contribution is 2.09. The van der Waals surface area contributed by atoms with Crippen LogP contribution in [0, 0.1) is 0 Å². The van der Waals surface area contributed by atoms with Gasteiger partial charge in [-0.25, -0.2) is 0 Å². The fourth-order valence-electron chi connectivity index (χ4n) is 0.242. The van der Waals surface area contributed by atoms with Gasteiger partial charge in [0, 0.05) is 5.40 Å². The van der Waals surface area contributed by atoms with Crippen molar-refractivity contribution in [3.05, 3.63) is 0 Å². The zero-order chi connectivity index (χ0) is 6.78. The second-order valence-corrected chi connectivity index (χ2v) is 9.09. The van der Waals surface area contributed by atoms with E-state index in [9.17, 15) is 0 Å². The molecule has 46 valence electrons. The van der Waals surface area contributed by atoms with Gasteiger partial charge in [0.05, 0.1) is 0 Å². The van der Waals surface area contributed by atoms with Crippen LogP contribution >= 0.6 is 33.8 Å². The standard InChI is InChI=1S/C2H5BCl3NSi/c1-8(5,6)7-2(3)4/h2,7H,1H3. The zero-order valence-electron chi connectivity index (χ0n) is 4.29. The molecule has 0 spiro atoms. The van der Waals surface area contributed by atoms with E-state index in [0.717, 1.165) is 0 Å². The third-order valence-corrected chi connectivity index (χ3v) is 2.16. The van der Waals surface area contributed by atoms with Crippen LogP contribution in [0.3, 0.4) is 0 Å². The Morgan fingerprint density at radius 3 is 2.00 bits per heavy atom. The van der Waals surface area contributed by atoms with E-state index in [1.165, 1.54) is 0 Å². The molecule has 0 bridgehead atoms. The molecule has 0 aliphatic heterocycles. The first-order valence-corrected chi connectivity index (χ1v) is 6.93. The molecule has 1 N–H and O–H groups in total. The normalized spacial score (nSPS) is 16.0. The summed E-state index contributed by atoms with van der Waals surface area (Å²) in [6.45, 7) is -0.604. The van der Waals surface area contributed by atoms with E-state index in [-0.39, 0.29) is 0 Å². The maximum atomic E-state index is 5.56. The second-order valence-electron chi connectivity index (χ2n) is 1.43. The van der Waals surface area contributed by atoms with Gasteiger partial charge in [-0.1, -0.05) is 0 Å². The van der Waals surface area contributed by atoms with Crippen molar-refractivity contribution >= 4 is 48.5 Å². The van der Waals surface area contributed by atoms with Crippen molar-refractivity contribution in [1.82, 2.24) is 4.98 Å². The first-order chi connectivity index (χ1) is 3.42. The van der Waals surface area contributed by atoms with Crippen LogP contribution in [0.5, 0.6) is 0 Å². The number of nitrogens with one attached hydrogen (secondary N) is 1. The van der Waals surface area contributed by atoms with Crippen LogP contribution in [-0.2, 0) is 0 Å². The van der Waals surface area contributed by atoms with Crippen LogP contribution in [0.1, 0.15) is 0 Å². The summed E-state index contributed by atoms with van der Waals surface area (Å²) in [5.41, 5.74) is 0. The lowest BCUT2D eigenvalue weighted by Gasteiger charge is -2.13. The highest BCUT2D eigenvalue weighted by molar-refractivity contribution is 7.43. The van der Waals surface area contributed by atoms with Crippen LogP contribution in [0.4, 0.5) is 0 Å². The molecule has 0 heterocycles. The van der Waals surface area contributed by atoms with Gasteiger partial charge in [-0.3, -0.25) is 0 Å². The number of alkyl halides is 1. The lowest BCUT2D eigenvalue weighted by Crippen LogP contribution is -2.41. The van der Waals surface area contributed by atoms with Gasteiger partial charge in [-0.05, 0) is 6.55 Å². The van der Waals surface area contributed by atoms with Crippen molar-refractivity contribution < 1.29 is 0 Å². The van der Waals surface area contributed by atoms with Gasteiger partial charge in [-0.15, -0.1) is 33.8 Å². The molecule has 0 aromatic rings. The molecule has 2 radical (unpaired) electrons. The van der Waals surface area contributed by atoms with E-state index in [1.54, 1.807) is 6.55 Å². The van der Waals surface area contributed by atoms with Crippen LogP contribution in [0.2, 0.25) is 6.55 Å². The Bertz CT molecular complexity index is 72.2. The van der Waals surface area contributed by atoms with Crippen LogP contribution < -0.4 is 4.98 Å². The van der Waals surface area contributed by atoms with Crippen molar-refractivity contribution in [2.75, 3.05) is 0 Å². The lowest BCUT2D eigenvalue weighted by atomic mass is 10.2. The molecule has 0 aliphatic rings. The molecule has 0 aliphatic carbocycles. The van der Waals surface area contributed by atoms with Crippen molar-refractivity contribution in [1.29, 1.82) is 0 Å². The molecule has 0 saturated carbocycles. The third-order valence-electron chi connectivity index (χ3n) is 0.391. The predicted molar refractivity (Wildman–Crippen MR) is 41.9 cm³/mol. The van der Waals surface area contributed by atoms with Gasteiger partial charge in [-0.2, -0.15) is 0 Å². The molecular weight excluding hydrogens is 183 g/mol. The maximum Gasteiger partial charge on any atom is 0.319 e. The molecular formula is C2H5BCl3NSi. The topological polar surface area (TPSA) is 12.0 Å². The molecule has 1 atom stereocenters. The Hall–Kier alpha value is 1.11. The van der Waals surface area contributed by atoms with Crippen molar-refractivity contribution in [2.24, 2.45) is 0 Å².